The number of halogens is 2. The number of benzene rings is 2. The highest BCUT2D eigenvalue weighted by Crippen LogP contribution is 2.28. The van der Waals surface area contributed by atoms with E-state index in [1.165, 1.54) is 24.0 Å². The lowest BCUT2D eigenvalue weighted by molar-refractivity contribution is 0.148. The summed E-state index contributed by atoms with van der Waals surface area (Å²) in [6.07, 6.45) is 6.37. The number of hydrogen-bond acceptors (Lipinski definition) is 6. The Bertz CT molecular complexity index is 1330. The highest BCUT2D eigenvalue weighted by Gasteiger charge is 2.17. The van der Waals surface area contributed by atoms with Crippen LogP contribution in [0.3, 0.4) is 0 Å². The number of fused-ring (bicyclic) bond motifs is 1. The first-order valence-corrected chi connectivity index (χ1v) is 12.1. The molecule has 0 amide bonds. The number of piperazine rings is 1. The minimum atomic E-state index is -0.467. The van der Waals surface area contributed by atoms with Crippen LogP contribution in [0.15, 0.2) is 55.1 Å². The molecule has 0 unspecified atom stereocenters. The molecular weight excluding hydrogens is 467 g/mol. The Labute approximate surface area is 208 Å². The normalized spacial score (nSPS) is 15.1. The first-order valence-electron chi connectivity index (χ1n) is 11.7. The Morgan fingerprint density at radius 1 is 1.03 bits per heavy atom. The van der Waals surface area contributed by atoms with Crippen LogP contribution in [0.25, 0.3) is 16.6 Å². The number of aliphatic hydroxyl groups is 1. The van der Waals surface area contributed by atoms with Crippen molar-refractivity contribution in [1.29, 1.82) is 0 Å². The average Bonchev–Trinajstić information content (AvgIpc) is 3.25. The van der Waals surface area contributed by atoms with E-state index in [-0.39, 0.29) is 11.6 Å². The minimum Gasteiger partial charge on any atom is -0.396 e. The van der Waals surface area contributed by atoms with Crippen LogP contribution in [-0.4, -0.2) is 69.3 Å². The van der Waals surface area contributed by atoms with Crippen molar-refractivity contribution in [2.45, 2.75) is 13.0 Å². The zero-order chi connectivity index (χ0) is 24.4. The van der Waals surface area contributed by atoms with Gasteiger partial charge in [-0.25, -0.2) is 14.4 Å². The zero-order valence-corrected chi connectivity index (χ0v) is 20.3. The van der Waals surface area contributed by atoms with Crippen LogP contribution in [0, 0.1) is 5.82 Å². The summed E-state index contributed by atoms with van der Waals surface area (Å²) in [6, 6.07) is 10.5. The summed E-state index contributed by atoms with van der Waals surface area (Å²) in [7, 11) is 2.15. The van der Waals surface area contributed by atoms with Crippen LogP contribution in [0.2, 0.25) is 5.02 Å². The van der Waals surface area contributed by atoms with Crippen molar-refractivity contribution < 1.29 is 9.50 Å². The molecule has 0 spiro atoms. The number of hydrogen-bond donors (Lipinski definition) is 2. The second kappa shape index (κ2) is 10.3. The molecule has 35 heavy (non-hydrogen) atoms. The summed E-state index contributed by atoms with van der Waals surface area (Å²) in [6.45, 7) is 5.18. The number of nitrogens with one attached hydrogen (secondary N) is 1. The first-order chi connectivity index (χ1) is 17.0. The number of rotatable bonds is 7. The van der Waals surface area contributed by atoms with Crippen molar-refractivity contribution >= 4 is 34.0 Å². The number of aliphatic hydroxyl groups excluding tert-OH is 1. The summed E-state index contributed by atoms with van der Waals surface area (Å²) in [5.74, 6) is 0.144. The summed E-state index contributed by atoms with van der Waals surface area (Å²) in [4.78, 5) is 13.6. The van der Waals surface area contributed by atoms with Gasteiger partial charge in [-0.3, -0.25) is 4.90 Å². The second-order valence-electron chi connectivity index (χ2n) is 8.95. The van der Waals surface area contributed by atoms with Crippen molar-refractivity contribution in [2.75, 3.05) is 45.2 Å². The van der Waals surface area contributed by atoms with Crippen LogP contribution < -0.4 is 5.32 Å². The molecule has 9 heteroatoms. The summed E-state index contributed by atoms with van der Waals surface area (Å²) in [5, 5.41) is 13.7. The maximum Gasteiger partial charge on any atom is 0.141 e. The SMILES string of the molecule is CN1CCN(Cc2cn(-c3ccc4ncnc(Nc5ccc(F)c(Cl)c5)c4c3)cc2CCO)CC1. The molecule has 2 aromatic carbocycles. The van der Waals surface area contributed by atoms with Crippen molar-refractivity contribution in [3.05, 3.63) is 77.1 Å². The van der Waals surface area contributed by atoms with E-state index in [4.69, 9.17) is 11.6 Å². The number of anilines is 2. The fourth-order valence-corrected chi connectivity index (χ4v) is 4.62. The third-order valence-corrected chi connectivity index (χ3v) is 6.76. The smallest absolute Gasteiger partial charge is 0.141 e. The van der Waals surface area contributed by atoms with Gasteiger partial charge in [-0.1, -0.05) is 11.6 Å². The molecule has 182 valence electrons. The molecule has 7 nitrogen and oxygen atoms in total. The molecule has 5 rings (SSSR count). The average molecular weight is 495 g/mol. The van der Waals surface area contributed by atoms with Gasteiger partial charge in [-0.2, -0.15) is 0 Å². The van der Waals surface area contributed by atoms with E-state index < -0.39 is 5.82 Å². The van der Waals surface area contributed by atoms with Gasteiger partial charge in [0.1, 0.15) is 18.0 Å². The van der Waals surface area contributed by atoms with Gasteiger partial charge in [0.15, 0.2) is 0 Å². The van der Waals surface area contributed by atoms with E-state index in [0.717, 1.165) is 54.9 Å². The lowest BCUT2D eigenvalue weighted by atomic mass is 10.1. The third-order valence-electron chi connectivity index (χ3n) is 6.47. The molecule has 1 aliphatic heterocycles. The summed E-state index contributed by atoms with van der Waals surface area (Å²) >= 11 is 5.95. The predicted octanol–water partition coefficient (Wildman–Crippen LogP) is 4.24. The highest BCUT2D eigenvalue weighted by molar-refractivity contribution is 6.31. The molecule has 1 aliphatic rings. The van der Waals surface area contributed by atoms with Gasteiger partial charge >= 0.3 is 0 Å². The quantitative estimate of drug-likeness (QED) is 0.400. The zero-order valence-electron chi connectivity index (χ0n) is 19.6. The molecule has 1 fully saturated rings. The van der Waals surface area contributed by atoms with Crippen LogP contribution >= 0.6 is 11.6 Å². The van der Waals surface area contributed by atoms with E-state index in [2.05, 4.69) is 49.1 Å². The Balaban J connectivity index is 1.46. The Hall–Kier alpha value is -3.04. The Morgan fingerprint density at radius 3 is 2.60 bits per heavy atom. The van der Waals surface area contributed by atoms with E-state index in [1.807, 2.05) is 18.2 Å². The van der Waals surface area contributed by atoms with Gasteiger partial charge < -0.3 is 19.9 Å². The van der Waals surface area contributed by atoms with Crippen molar-refractivity contribution in [2.24, 2.45) is 0 Å². The lowest BCUT2D eigenvalue weighted by Gasteiger charge is -2.32. The number of aromatic nitrogens is 3. The monoisotopic (exact) mass is 494 g/mol. The van der Waals surface area contributed by atoms with Gasteiger partial charge in [-0.15, -0.1) is 0 Å². The Morgan fingerprint density at radius 2 is 1.83 bits per heavy atom. The molecule has 0 saturated carbocycles. The molecular formula is C26H28ClFN6O. The fraction of sp³-hybridized carbons (Fsp3) is 0.308. The van der Waals surface area contributed by atoms with Crippen LogP contribution in [0.4, 0.5) is 15.9 Å². The van der Waals surface area contributed by atoms with E-state index in [9.17, 15) is 9.50 Å². The fourth-order valence-electron chi connectivity index (χ4n) is 4.44. The summed E-state index contributed by atoms with van der Waals surface area (Å²) in [5.41, 5.74) is 4.78. The van der Waals surface area contributed by atoms with E-state index >= 15 is 0 Å². The summed E-state index contributed by atoms with van der Waals surface area (Å²) < 4.78 is 15.7. The van der Waals surface area contributed by atoms with Crippen molar-refractivity contribution in [3.63, 3.8) is 0 Å². The molecule has 0 atom stereocenters. The number of likely N-dealkylation sites (N-methyl/N-ethyl adjacent to an activating group) is 1. The molecule has 3 heterocycles. The van der Waals surface area contributed by atoms with Gasteiger partial charge in [0, 0.05) is 68.5 Å². The van der Waals surface area contributed by atoms with Crippen molar-refractivity contribution in [3.8, 4) is 5.69 Å². The molecule has 0 aliphatic carbocycles. The molecule has 0 bridgehead atoms. The van der Waals surface area contributed by atoms with Crippen molar-refractivity contribution in [1.82, 2.24) is 24.3 Å². The largest absolute Gasteiger partial charge is 0.396 e. The molecule has 0 radical (unpaired) electrons. The highest BCUT2D eigenvalue weighted by atomic mass is 35.5. The maximum absolute atomic E-state index is 13.6. The third kappa shape index (κ3) is 5.31. The molecule has 4 aromatic rings. The molecule has 2 aromatic heterocycles. The van der Waals surface area contributed by atoms with E-state index in [0.29, 0.717) is 17.9 Å². The first kappa shape index (κ1) is 23.7. The van der Waals surface area contributed by atoms with E-state index in [1.54, 1.807) is 6.07 Å². The van der Waals surface area contributed by atoms with Crippen LogP contribution in [-0.2, 0) is 13.0 Å². The van der Waals surface area contributed by atoms with Gasteiger partial charge in [0.2, 0.25) is 0 Å². The number of nitrogens with zero attached hydrogens (tertiary/aromatic N) is 5. The molecule has 2 N–H and O–H groups in total. The Kier molecular flexibility index (Phi) is 6.97. The van der Waals surface area contributed by atoms with Gasteiger partial charge in [0.05, 0.1) is 10.5 Å². The standard InChI is InChI=1S/C26H28ClFN6O/c1-32-7-9-33(10-8-32)14-19-16-34(15-18(19)6-11-35)21-3-5-25-22(13-21)26(30-17-29-25)31-20-2-4-24(28)23(27)12-20/h2-5,12-13,15-17,35H,6-11,14H2,1H3,(H,29,30,31). The minimum absolute atomic E-state index is 0.0469. The predicted molar refractivity (Wildman–Crippen MR) is 137 cm³/mol. The van der Waals surface area contributed by atoms with Gasteiger partial charge in [0.25, 0.3) is 0 Å². The lowest BCUT2D eigenvalue weighted by Crippen LogP contribution is -2.43. The second-order valence-corrected chi connectivity index (χ2v) is 9.35. The van der Waals surface area contributed by atoms with Crippen LogP contribution in [0.5, 0.6) is 0 Å². The topological polar surface area (TPSA) is 69.5 Å². The maximum atomic E-state index is 13.6. The van der Waals surface area contributed by atoms with Crippen LogP contribution in [0.1, 0.15) is 11.1 Å². The molecule has 1 saturated heterocycles. The van der Waals surface area contributed by atoms with Gasteiger partial charge in [-0.05, 0) is 61.0 Å².